The number of hydrogen-bond acceptors (Lipinski definition) is 3. The molecule has 1 aromatic heterocycles. The molecule has 1 aromatic rings. The lowest BCUT2D eigenvalue weighted by molar-refractivity contribution is -0.115. The minimum absolute atomic E-state index is 0.168. The summed E-state index contributed by atoms with van der Waals surface area (Å²) in [5, 5.41) is 7.60. The zero-order valence-electron chi connectivity index (χ0n) is 6.53. The van der Waals surface area contributed by atoms with Crippen molar-refractivity contribution in [2.24, 2.45) is 0 Å². The van der Waals surface area contributed by atoms with Crippen molar-refractivity contribution in [3.63, 3.8) is 0 Å². The van der Waals surface area contributed by atoms with Gasteiger partial charge in [0.1, 0.15) is 5.70 Å². The van der Waals surface area contributed by atoms with Crippen molar-refractivity contribution in [1.82, 2.24) is 10.6 Å². The monoisotopic (exact) mass is 210 g/mol. The summed E-state index contributed by atoms with van der Waals surface area (Å²) in [6, 6.07) is 3.87. The predicted octanol–water partition coefficient (Wildman–Crippen LogP) is 1.09. The Bertz CT molecular complexity index is 381. The first kappa shape index (κ1) is 8.40. The van der Waals surface area contributed by atoms with E-state index in [4.69, 9.17) is 12.2 Å². The van der Waals surface area contributed by atoms with E-state index in [0.717, 1.165) is 4.88 Å². The Labute approximate surface area is 84.5 Å². The van der Waals surface area contributed by atoms with Gasteiger partial charge < -0.3 is 5.32 Å². The summed E-state index contributed by atoms with van der Waals surface area (Å²) in [6.45, 7) is 0. The molecule has 1 aliphatic rings. The van der Waals surface area contributed by atoms with E-state index in [0.29, 0.717) is 10.8 Å². The van der Waals surface area contributed by atoms with Gasteiger partial charge in [0.15, 0.2) is 5.11 Å². The number of nitrogens with one attached hydrogen (secondary N) is 2. The summed E-state index contributed by atoms with van der Waals surface area (Å²) in [5.41, 5.74) is 0.507. The fourth-order valence-electron chi connectivity index (χ4n) is 0.998. The highest BCUT2D eigenvalue weighted by molar-refractivity contribution is 7.80. The highest BCUT2D eigenvalue weighted by Gasteiger charge is 2.19. The first-order chi connectivity index (χ1) is 6.25. The quantitative estimate of drug-likeness (QED) is 0.538. The summed E-state index contributed by atoms with van der Waals surface area (Å²) < 4.78 is 0. The number of carbonyl (C=O) groups is 1. The second-order valence-corrected chi connectivity index (χ2v) is 3.87. The molecule has 0 aromatic carbocycles. The highest BCUT2D eigenvalue weighted by atomic mass is 32.1. The molecule has 2 heterocycles. The Morgan fingerprint density at radius 2 is 2.31 bits per heavy atom. The smallest absolute Gasteiger partial charge is 0.273 e. The van der Waals surface area contributed by atoms with Crippen molar-refractivity contribution in [2.45, 2.75) is 0 Å². The molecule has 0 atom stereocenters. The molecule has 1 amide bonds. The van der Waals surface area contributed by atoms with E-state index in [2.05, 4.69) is 10.6 Å². The van der Waals surface area contributed by atoms with Crippen LogP contribution in [0, 0.1) is 0 Å². The summed E-state index contributed by atoms with van der Waals surface area (Å²) >= 11 is 6.36. The van der Waals surface area contributed by atoms with Gasteiger partial charge in [-0.3, -0.25) is 10.1 Å². The number of thiophene rings is 1. The van der Waals surface area contributed by atoms with Crippen molar-refractivity contribution < 1.29 is 4.79 Å². The SMILES string of the molecule is O=C1NC(=S)N/C1=C/c1cccs1. The first-order valence-electron chi connectivity index (χ1n) is 3.63. The minimum atomic E-state index is -0.168. The Morgan fingerprint density at radius 1 is 1.46 bits per heavy atom. The molecule has 0 bridgehead atoms. The number of carbonyl (C=O) groups excluding carboxylic acids is 1. The van der Waals surface area contributed by atoms with Gasteiger partial charge >= 0.3 is 0 Å². The van der Waals surface area contributed by atoms with Gasteiger partial charge in [0.25, 0.3) is 5.91 Å². The molecule has 0 unspecified atom stereocenters. The second-order valence-electron chi connectivity index (χ2n) is 2.48. The van der Waals surface area contributed by atoms with Crippen LogP contribution < -0.4 is 10.6 Å². The number of amides is 1. The Kier molecular flexibility index (Phi) is 2.12. The Morgan fingerprint density at radius 3 is 2.85 bits per heavy atom. The molecule has 2 rings (SSSR count). The van der Waals surface area contributed by atoms with Crippen LogP contribution in [0.5, 0.6) is 0 Å². The normalized spacial score (nSPS) is 18.9. The van der Waals surface area contributed by atoms with Crippen molar-refractivity contribution in [3.8, 4) is 0 Å². The van der Waals surface area contributed by atoms with Crippen LogP contribution >= 0.6 is 23.6 Å². The average molecular weight is 210 g/mol. The predicted molar refractivity (Wildman–Crippen MR) is 56.2 cm³/mol. The maximum absolute atomic E-state index is 11.2. The van der Waals surface area contributed by atoms with Gasteiger partial charge in [0, 0.05) is 4.88 Å². The van der Waals surface area contributed by atoms with Gasteiger partial charge in [0.2, 0.25) is 0 Å². The number of thiocarbonyl (C=S) groups is 1. The molecule has 66 valence electrons. The largest absolute Gasteiger partial charge is 0.328 e. The van der Waals surface area contributed by atoms with E-state index in [1.165, 1.54) is 0 Å². The van der Waals surface area contributed by atoms with Gasteiger partial charge in [-0.15, -0.1) is 11.3 Å². The Balaban J connectivity index is 2.27. The maximum Gasteiger partial charge on any atom is 0.273 e. The van der Waals surface area contributed by atoms with E-state index < -0.39 is 0 Å². The third-order valence-electron chi connectivity index (χ3n) is 1.55. The molecule has 1 fully saturated rings. The standard InChI is InChI=1S/C8H6N2OS2/c11-7-6(9-8(12)10-7)4-5-2-1-3-13-5/h1-4H,(H2,9,10,11,12)/b6-4+. The van der Waals surface area contributed by atoms with Crippen molar-refractivity contribution in [2.75, 3.05) is 0 Å². The third kappa shape index (κ3) is 1.76. The fraction of sp³-hybridized carbons (Fsp3) is 0. The highest BCUT2D eigenvalue weighted by Crippen LogP contribution is 2.13. The summed E-state index contributed by atoms with van der Waals surface area (Å²) in [7, 11) is 0. The summed E-state index contributed by atoms with van der Waals surface area (Å²) in [4.78, 5) is 12.2. The van der Waals surface area contributed by atoms with Gasteiger partial charge in [-0.05, 0) is 29.7 Å². The van der Waals surface area contributed by atoms with Crippen LogP contribution in [0.1, 0.15) is 4.88 Å². The molecule has 0 saturated carbocycles. The molecular weight excluding hydrogens is 204 g/mol. The number of hydrogen-bond donors (Lipinski definition) is 2. The van der Waals surface area contributed by atoms with E-state index in [1.807, 2.05) is 17.5 Å². The second kappa shape index (κ2) is 3.27. The third-order valence-corrected chi connectivity index (χ3v) is 2.57. The maximum atomic E-state index is 11.2. The van der Waals surface area contributed by atoms with Gasteiger partial charge in [-0.1, -0.05) is 6.07 Å². The fourth-order valence-corrected chi connectivity index (χ4v) is 1.86. The lowest BCUT2D eigenvalue weighted by Crippen LogP contribution is -2.21. The molecule has 1 saturated heterocycles. The van der Waals surface area contributed by atoms with E-state index in [1.54, 1.807) is 17.4 Å². The molecule has 0 aliphatic carbocycles. The topological polar surface area (TPSA) is 41.1 Å². The average Bonchev–Trinajstić information content (AvgIpc) is 2.63. The van der Waals surface area contributed by atoms with E-state index in [-0.39, 0.29) is 5.91 Å². The van der Waals surface area contributed by atoms with Crippen LogP contribution in [0.25, 0.3) is 6.08 Å². The summed E-state index contributed by atoms with van der Waals surface area (Å²) in [5.74, 6) is -0.168. The molecule has 13 heavy (non-hydrogen) atoms. The molecule has 5 heteroatoms. The van der Waals surface area contributed by atoms with Crippen LogP contribution in [0.15, 0.2) is 23.2 Å². The molecule has 0 spiro atoms. The lowest BCUT2D eigenvalue weighted by Gasteiger charge is -1.91. The van der Waals surface area contributed by atoms with Crippen LogP contribution in [-0.2, 0) is 4.79 Å². The molecular formula is C8H6N2OS2. The van der Waals surface area contributed by atoms with Crippen LogP contribution in [0.4, 0.5) is 0 Å². The van der Waals surface area contributed by atoms with E-state index in [9.17, 15) is 4.79 Å². The van der Waals surface area contributed by atoms with Crippen LogP contribution in [-0.4, -0.2) is 11.0 Å². The molecule has 3 nitrogen and oxygen atoms in total. The number of rotatable bonds is 1. The molecule has 2 N–H and O–H groups in total. The first-order valence-corrected chi connectivity index (χ1v) is 4.92. The lowest BCUT2D eigenvalue weighted by atomic mass is 10.3. The minimum Gasteiger partial charge on any atom is -0.328 e. The summed E-state index contributed by atoms with van der Waals surface area (Å²) in [6.07, 6.45) is 1.78. The van der Waals surface area contributed by atoms with Crippen LogP contribution in [0.2, 0.25) is 0 Å². The van der Waals surface area contributed by atoms with Crippen LogP contribution in [0.3, 0.4) is 0 Å². The van der Waals surface area contributed by atoms with Crippen molar-refractivity contribution in [3.05, 3.63) is 28.1 Å². The van der Waals surface area contributed by atoms with Gasteiger partial charge in [0.05, 0.1) is 0 Å². The zero-order chi connectivity index (χ0) is 9.26. The van der Waals surface area contributed by atoms with E-state index >= 15 is 0 Å². The van der Waals surface area contributed by atoms with Gasteiger partial charge in [-0.25, -0.2) is 0 Å². The van der Waals surface area contributed by atoms with Gasteiger partial charge in [-0.2, -0.15) is 0 Å². The Hall–Kier alpha value is -1.20. The van der Waals surface area contributed by atoms with Crippen molar-refractivity contribution in [1.29, 1.82) is 0 Å². The zero-order valence-corrected chi connectivity index (χ0v) is 8.17. The molecule has 0 radical (unpaired) electrons. The molecule has 1 aliphatic heterocycles. The van der Waals surface area contributed by atoms with Crippen molar-refractivity contribution >= 4 is 40.7 Å².